The molecule has 0 aliphatic heterocycles. The normalized spacial score (nSPS) is 10.6. The highest BCUT2D eigenvalue weighted by atomic mass is 35.5. The molecule has 0 aliphatic rings. The standard InChI is InChI=1S/C12H17ClN2OS/c1-15(2)8-7-14-12(16)9-17-11-5-3-10(13)4-6-11/h3-6H,7-9H2,1-2H3,(H,14,16). The summed E-state index contributed by atoms with van der Waals surface area (Å²) in [6.45, 7) is 1.55. The van der Waals surface area contributed by atoms with Gasteiger partial charge in [-0.15, -0.1) is 11.8 Å². The van der Waals surface area contributed by atoms with Gasteiger partial charge in [-0.1, -0.05) is 11.6 Å². The molecule has 0 unspecified atom stereocenters. The van der Waals surface area contributed by atoms with Crippen molar-refractivity contribution in [3.05, 3.63) is 29.3 Å². The van der Waals surface area contributed by atoms with Gasteiger partial charge < -0.3 is 10.2 Å². The number of hydrogen-bond acceptors (Lipinski definition) is 3. The van der Waals surface area contributed by atoms with Crippen LogP contribution in [0.3, 0.4) is 0 Å². The lowest BCUT2D eigenvalue weighted by atomic mass is 10.4. The molecule has 0 saturated heterocycles. The molecule has 1 amide bonds. The highest BCUT2D eigenvalue weighted by molar-refractivity contribution is 8.00. The van der Waals surface area contributed by atoms with Crippen molar-refractivity contribution in [1.82, 2.24) is 10.2 Å². The maximum Gasteiger partial charge on any atom is 0.230 e. The molecule has 0 radical (unpaired) electrons. The quantitative estimate of drug-likeness (QED) is 0.805. The number of rotatable bonds is 6. The van der Waals surface area contributed by atoms with Crippen molar-refractivity contribution in [3.8, 4) is 0 Å². The summed E-state index contributed by atoms with van der Waals surface area (Å²) in [7, 11) is 3.96. The largest absolute Gasteiger partial charge is 0.354 e. The zero-order valence-electron chi connectivity index (χ0n) is 10.1. The van der Waals surface area contributed by atoms with Crippen LogP contribution >= 0.6 is 23.4 Å². The molecule has 94 valence electrons. The molecular formula is C12H17ClN2OS. The van der Waals surface area contributed by atoms with E-state index in [1.807, 2.05) is 43.3 Å². The molecule has 1 aromatic rings. The molecule has 1 aromatic carbocycles. The van der Waals surface area contributed by atoms with Gasteiger partial charge in [-0.3, -0.25) is 4.79 Å². The fourth-order valence-electron chi connectivity index (χ4n) is 1.15. The van der Waals surface area contributed by atoms with Gasteiger partial charge in [0.05, 0.1) is 5.75 Å². The monoisotopic (exact) mass is 272 g/mol. The number of nitrogens with one attached hydrogen (secondary N) is 1. The minimum absolute atomic E-state index is 0.0619. The van der Waals surface area contributed by atoms with Crippen molar-refractivity contribution in [2.24, 2.45) is 0 Å². The average Bonchev–Trinajstić information content (AvgIpc) is 2.28. The van der Waals surface area contributed by atoms with E-state index in [0.717, 1.165) is 11.4 Å². The number of hydrogen-bond donors (Lipinski definition) is 1. The zero-order valence-corrected chi connectivity index (χ0v) is 11.6. The molecule has 0 aromatic heterocycles. The minimum atomic E-state index is 0.0619. The van der Waals surface area contributed by atoms with Crippen LogP contribution in [0, 0.1) is 0 Å². The van der Waals surface area contributed by atoms with Crippen molar-refractivity contribution in [2.45, 2.75) is 4.90 Å². The van der Waals surface area contributed by atoms with Gasteiger partial charge in [0.15, 0.2) is 0 Å². The first-order valence-electron chi connectivity index (χ1n) is 5.38. The Bertz CT molecular complexity index is 354. The Morgan fingerprint density at radius 1 is 1.35 bits per heavy atom. The Hall–Kier alpha value is -0.710. The molecule has 5 heteroatoms. The predicted molar refractivity (Wildman–Crippen MR) is 73.7 cm³/mol. The highest BCUT2D eigenvalue weighted by Gasteiger charge is 2.02. The van der Waals surface area contributed by atoms with Gasteiger partial charge in [-0.2, -0.15) is 0 Å². The first kappa shape index (κ1) is 14.4. The number of nitrogens with zero attached hydrogens (tertiary/aromatic N) is 1. The number of benzene rings is 1. The highest BCUT2D eigenvalue weighted by Crippen LogP contribution is 2.19. The molecule has 3 nitrogen and oxygen atoms in total. The van der Waals surface area contributed by atoms with Crippen molar-refractivity contribution in [1.29, 1.82) is 0 Å². The van der Waals surface area contributed by atoms with Crippen LogP contribution in [0.4, 0.5) is 0 Å². The number of carbonyl (C=O) groups is 1. The molecule has 0 atom stereocenters. The van der Waals surface area contributed by atoms with Crippen molar-refractivity contribution in [3.63, 3.8) is 0 Å². The van der Waals surface area contributed by atoms with Gasteiger partial charge in [0, 0.05) is 23.0 Å². The number of likely N-dealkylation sites (N-methyl/N-ethyl adjacent to an activating group) is 1. The third kappa shape index (κ3) is 6.56. The second-order valence-electron chi connectivity index (χ2n) is 3.90. The van der Waals surface area contributed by atoms with E-state index in [4.69, 9.17) is 11.6 Å². The first-order chi connectivity index (χ1) is 8.08. The number of carbonyl (C=O) groups excluding carboxylic acids is 1. The SMILES string of the molecule is CN(C)CCNC(=O)CSc1ccc(Cl)cc1. The summed E-state index contributed by atoms with van der Waals surface area (Å²) in [6, 6.07) is 7.49. The van der Waals surface area contributed by atoms with Crippen molar-refractivity contribution in [2.75, 3.05) is 32.9 Å². The van der Waals surface area contributed by atoms with Crippen LogP contribution in [0.5, 0.6) is 0 Å². The fraction of sp³-hybridized carbons (Fsp3) is 0.417. The van der Waals surface area contributed by atoms with Crippen LogP contribution in [-0.2, 0) is 4.79 Å². The lowest BCUT2D eigenvalue weighted by Gasteiger charge is -2.10. The Labute approximate surface area is 112 Å². The summed E-state index contributed by atoms with van der Waals surface area (Å²) in [4.78, 5) is 14.6. The van der Waals surface area contributed by atoms with Gasteiger partial charge in [0.2, 0.25) is 5.91 Å². The zero-order chi connectivity index (χ0) is 12.7. The van der Waals surface area contributed by atoms with E-state index in [1.165, 1.54) is 11.8 Å². The van der Waals surface area contributed by atoms with Crippen LogP contribution < -0.4 is 5.32 Å². The summed E-state index contributed by atoms with van der Waals surface area (Å²) < 4.78 is 0. The third-order valence-electron chi connectivity index (χ3n) is 2.06. The number of halogens is 1. The van der Waals surface area contributed by atoms with Crippen LogP contribution in [0.1, 0.15) is 0 Å². The Kier molecular flexibility index (Phi) is 6.40. The molecule has 0 spiro atoms. The van der Waals surface area contributed by atoms with E-state index in [0.29, 0.717) is 17.3 Å². The average molecular weight is 273 g/mol. The summed E-state index contributed by atoms with van der Waals surface area (Å²) in [5, 5.41) is 3.58. The summed E-state index contributed by atoms with van der Waals surface area (Å²) >= 11 is 7.29. The third-order valence-corrected chi connectivity index (χ3v) is 3.33. The number of thioether (sulfide) groups is 1. The second-order valence-corrected chi connectivity index (χ2v) is 5.38. The molecule has 1 rings (SSSR count). The van der Waals surface area contributed by atoms with Crippen molar-refractivity contribution >= 4 is 29.3 Å². The lowest BCUT2D eigenvalue weighted by molar-refractivity contribution is -0.118. The molecule has 0 bridgehead atoms. The summed E-state index contributed by atoms with van der Waals surface area (Å²) in [5.41, 5.74) is 0. The molecule has 0 heterocycles. The first-order valence-corrected chi connectivity index (χ1v) is 6.74. The number of amides is 1. The van der Waals surface area contributed by atoms with E-state index in [9.17, 15) is 4.79 Å². The van der Waals surface area contributed by atoms with Crippen LogP contribution in [-0.4, -0.2) is 43.7 Å². The van der Waals surface area contributed by atoms with Gasteiger partial charge in [0.1, 0.15) is 0 Å². The van der Waals surface area contributed by atoms with Crippen molar-refractivity contribution < 1.29 is 4.79 Å². The van der Waals surface area contributed by atoms with Gasteiger partial charge in [0.25, 0.3) is 0 Å². The van der Waals surface area contributed by atoms with E-state index >= 15 is 0 Å². The van der Waals surface area contributed by atoms with Crippen LogP contribution in [0.2, 0.25) is 5.02 Å². The predicted octanol–water partition coefficient (Wildman–Crippen LogP) is 2.11. The molecular weight excluding hydrogens is 256 g/mol. The summed E-state index contributed by atoms with van der Waals surface area (Å²) in [5.74, 6) is 0.501. The second kappa shape index (κ2) is 7.58. The van der Waals surface area contributed by atoms with Gasteiger partial charge in [-0.25, -0.2) is 0 Å². The van der Waals surface area contributed by atoms with Crippen LogP contribution in [0.15, 0.2) is 29.2 Å². The molecule has 1 N–H and O–H groups in total. The van der Waals surface area contributed by atoms with Gasteiger partial charge >= 0.3 is 0 Å². The Morgan fingerprint density at radius 3 is 2.59 bits per heavy atom. The van der Waals surface area contributed by atoms with Gasteiger partial charge in [-0.05, 0) is 38.4 Å². The fourth-order valence-corrected chi connectivity index (χ4v) is 2.00. The Balaban J connectivity index is 2.21. The topological polar surface area (TPSA) is 32.3 Å². The molecule has 0 aliphatic carbocycles. The molecule has 0 fully saturated rings. The lowest BCUT2D eigenvalue weighted by Crippen LogP contribution is -2.32. The van der Waals surface area contributed by atoms with E-state index in [2.05, 4.69) is 5.32 Å². The molecule has 17 heavy (non-hydrogen) atoms. The maximum absolute atomic E-state index is 11.5. The maximum atomic E-state index is 11.5. The Morgan fingerprint density at radius 2 is 2.00 bits per heavy atom. The van der Waals surface area contributed by atoms with Crippen LogP contribution in [0.25, 0.3) is 0 Å². The smallest absolute Gasteiger partial charge is 0.230 e. The van der Waals surface area contributed by atoms with E-state index in [-0.39, 0.29) is 5.91 Å². The minimum Gasteiger partial charge on any atom is -0.354 e. The summed E-state index contributed by atoms with van der Waals surface area (Å²) in [6.07, 6.45) is 0. The van der Waals surface area contributed by atoms with E-state index in [1.54, 1.807) is 0 Å². The van der Waals surface area contributed by atoms with E-state index < -0.39 is 0 Å². The molecule has 0 saturated carbocycles.